The standard InChI is InChI=1S/C21H24N2O/c1-15-14-23(18-13-9-8-12-17(15)18)19(16-10-6-5-7-11-16)20(24)22-21(2,3)4/h5-14,19H,1-4H3,(H,22,24). The van der Waals surface area contributed by atoms with Crippen molar-refractivity contribution in [1.82, 2.24) is 9.88 Å². The fourth-order valence-electron chi connectivity index (χ4n) is 3.11. The molecule has 0 aliphatic carbocycles. The molecule has 2 aromatic carbocycles. The first kappa shape index (κ1) is 16.3. The smallest absolute Gasteiger partial charge is 0.248 e. The van der Waals surface area contributed by atoms with Gasteiger partial charge >= 0.3 is 0 Å². The Balaban J connectivity index is 2.16. The average Bonchev–Trinajstić information content (AvgIpc) is 2.84. The Morgan fingerprint density at radius 1 is 1.00 bits per heavy atom. The van der Waals surface area contributed by atoms with Crippen LogP contribution in [0.2, 0.25) is 0 Å². The number of rotatable bonds is 3. The summed E-state index contributed by atoms with van der Waals surface area (Å²) in [4.78, 5) is 13.1. The van der Waals surface area contributed by atoms with Crippen LogP contribution in [0.25, 0.3) is 10.9 Å². The number of nitrogens with zero attached hydrogens (tertiary/aromatic N) is 1. The van der Waals surface area contributed by atoms with E-state index in [1.54, 1.807) is 0 Å². The number of carbonyl (C=O) groups is 1. The molecule has 1 N–H and O–H groups in total. The Bertz CT molecular complexity index is 856. The molecule has 3 heteroatoms. The highest BCUT2D eigenvalue weighted by Crippen LogP contribution is 2.28. The summed E-state index contributed by atoms with van der Waals surface area (Å²) < 4.78 is 2.08. The number of benzene rings is 2. The predicted octanol–water partition coefficient (Wildman–Crippen LogP) is 4.45. The molecular weight excluding hydrogens is 296 g/mol. The Morgan fingerprint density at radius 2 is 1.62 bits per heavy atom. The van der Waals surface area contributed by atoms with Crippen LogP contribution in [0.1, 0.15) is 37.9 Å². The Labute approximate surface area is 143 Å². The first-order chi connectivity index (χ1) is 11.4. The zero-order valence-electron chi connectivity index (χ0n) is 14.7. The molecule has 3 aromatic rings. The van der Waals surface area contributed by atoms with E-state index in [-0.39, 0.29) is 17.5 Å². The third-order valence-electron chi connectivity index (χ3n) is 4.08. The Kier molecular flexibility index (Phi) is 4.18. The molecule has 1 heterocycles. The van der Waals surface area contributed by atoms with E-state index in [4.69, 9.17) is 0 Å². The van der Waals surface area contributed by atoms with Crippen LogP contribution in [0.5, 0.6) is 0 Å². The zero-order valence-corrected chi connectivity index (χ0v) is 14.7. The molecule has 1 unspecified atom stereocenters. The number of carbonyl (C=O) groups excluding carboxylic acids is 1. The van der Waals surface area contributed by atoms with Crippen molar-refractivity contribution in [1.29, 1.82) is 0 Å². The van der Waals surface area contributed by atoms with E-state index < -0.39 is 0 Å². The van der Waals surface area contributed by atoms with Gasteiger partial charge in [0, 0.05) is 22.6 Å². The van der Waals surface area contributed by atoms with E-state index in [9.17, 15) is 4.79 Å². The van der Waals surface area contributed by atoms with Crippen molar-refractivity contribution in [2.75, 3.05) is 0 Å². The molecule has 0 fully saturated rings. The Morgan fingerprint density at radius 3 is 2.29 bits per heavy atom. The predicted molar refractivity (Wildman–Crippen MR) is 99.2 cm³/mol. The minimum atomic E-state index is -0.385. The summed E-state index contributed by atoms with van der Waals surface area (Å²) in [6, 6.07) is 17.8. The van der Waals surface area contributed by atoms with Gasteiger partial charge in [-0.3, -0.25) is 4.79 Å². The molecule has 1 amide bonds. The van der Waals surface area contributed by atoms with Crippen molar-refractivity contribution in [2.45, 2.75) is 39.3 Å². The summed E-state index contributed by atoms with van der Waals surface area (Å²) in [6.07, 6.45) is 2.07. The maximum atomic E-state index is 13.1. The lowest BCUT2D eigenvalue weighted by molar-refractivity contribution is -0.124. The van der Waals surface area contributed by atoms with Crippen LogP contribution in [0.3, 0.4) is 0 Å². The maximum Gasteiger partial charge on any atom is 0.248 e. The normalized spacial score (nSPS) is 13.0. The van der Waals surface area contributed by atoms with Gasteiger partial charge < -0.3 is 9.88 Å². The molecule has 0 radical (unpaired) electrons. The molecule has 3 rings (SSSR count). The third kappa shape index (κ3) is 3.21. The molecule has 0 aliphatic rings. The molecule has 0 aliphatic heterocycles. The minimum Gasteiger partial charge on any atom is -0.349 e. The van der Waals surface area contributed by atoms with E-state index in [0.29, 0.717) is 0 Å². The van der Waals surface area contributed by atoms with Crippen molar-refractivity contribution >= 4 is 16.8 Å². The zero-order chi connectivity index (χ0) is 17.3. The van der Waals surface area contributed by atoms with E-state index in [1.807, 2.05) is 63.2 Å². The number of hydrogen-bond acceptors (Lipinski definition) is 1. The molecule has 1 aromatic heterocycles. The van der Waals surface area contributed by atoms with E-state index in [1.165, 1.54) is 10.9 Å². The average molecular weight is 320 g/mol. The fraction of sp³-hybridized carbons (Fsp3) is 0.286. The van der Waals surface area contributed by atoms with Crippen LogP contribution < -0.4 is 5.32 Å². The first-order valence-electron chi connectivity index (χ1n) is 8.30. The van der Waals surface area contributed by atoms with Gasteiger partial charge in [0.05, 0.1) is 0 Å². The molecule has 1 atom stereocenters. The van der Waals surface area contributed by atoms with Crippen LogP contribution in [0, 0.1) is 6.92 Å². The first-order valence-corrected chi connectivity index (χ1v) is 8.30. The highest BCUT2D eigenvalue weighted by Gasteiger charge is 2.27. The lowest BCUT2D eigenvalue weighted by Gasteiger charge is -2.26. The second kappa shape index (κ2) is 6.16. The Hall–Kier alpha value is -2.55. The molecule has 124 valence electrons. The van der Waals surface area contributed by atoms with Gasteiger partial charge in [0.25, 0.3) is 0 Å². The second-order valence-electron chi connectivity index (χ2n) is 7.29. The van der Waals surface area contributed by atoms with Crippen LogP contribution >= 0.6 is 0 Å². The van der Waals surface area contributed by atoms with Crippen molar-refractivity contribution in [3.05, 3.63) is 71.9 Å². The number of aryl methyl sites for hydroxylation is 1. The van der Waals surface area contributed by atoms with Crippen LogP contribution in [-0.2, 0) is 4.79 Å². The van der Waals surface area contributed by atoms with Gasteiger partial charge in [0.2, 0.25) is 5.91 Å². The van der Waals surface area contributed by atoms with Gasteiger partial charge in [-0.25, -0.2) is 0 Å². The van der Waals surface area contributed by atoms with Crippen molar-refractivity contribution in [3.63, 3.8) is 0 Å². The summed E-state index contributed by atoms with van der Waals surface area (Å²) in [5.41, 5.74) is 2.96. The number of aromatic nitrogens is 1. The second-order valence-corrected chi connectivity index (χ2v) is 7.29. The number of fused-ring (bicyclic) bond motifs is 1. The highest BCUT2D eigenvalue weighted by atomic mass is 16.2. The topological polar surface area (TPSA) is 34.0 Å². The number of para-hydroxylation sites is 1. The van der Waals surface area contributed by atoms with Crippen LogP contribution in [0.4, 0.5) is 0 Å². The summed E-state index contributed by atoms with van der Waals surface area (Å²) in [7, 11) is 0. The van der Waals surface area contributed by atoms with Gasteiger partial charge in [0.15, 0.2) is 0 Å². The van der Waals surface area contributed by atoms with Gasteiger partial charge in [-0.05, 0) is 44.9 Å². The number of hydrogen-bond donors (Lipinski definition) is 1. The summed E-state index contributed by atoms with van der Waals surface area (Å²) in [5, 5.41) is 4.31. The number of amides is 1. The lowest BCUT2D eigenvalue weighted by Crippen LogP contribution is -2.44. The van der Waals surface area contributed by atoms with Gasteiger partial charge in [-0.15, -0.1) is 0 Å². The summed E-state index contributed by atoms with van der Waals surface area (Å²) in [6.45, 7) is 8.10. The van der Waals surface area contributed by atoms with Gasteiger partial charge in [-0.1, -0.05) is 48.5 Å². The summed E-state index contributed by atoms with van der Waals surface area (Å²) >= 11 is 0. The quantitative estimate of drug-likeness (QED) is 0.760. The molecule has 0 spiro atoms. The molecule has 3 nitrogen and oxygen atoms in total. The van der Waals surface area contributed by atoms with E-state index >= 15 is 0 Å². The minimum absolute atomic E-state index is 0.00875. The van der Waals surface area contributed by atoms with Crippen molar-refractivity contribution < 1.29 is 4.79 Å². The largest absolute Gasteiger partial charge is 0.349 e. The van der Waals surface area contributed by atoms with Gasteiger partial charge in [-0.2, -0.15) is 0 Å². The van der Waals surface area contributed by atoms with Crippen molar-refractivity contribution in [3.8, 4) is 0 Å². The fourth-order valence-corrected chi connectivity index (χ4v) is 3.11. The molecule has 0 saturated heterocycles. The van der Waals surface area contributed by atoms with E-state index in [2.05, 4.69) is 35.1 Å². The molecule has 0 bridgehead atoms. The maximum absolute atomic E-state index is 13.1. The van der Waals surface area contributed by atoms with Crippen LogP contribution in [-0.4, -0.2) is 16.0 Å². The summed E-state index contributed by atoms with van der Waals surface area (Å²) in [5.74, 6) is 0.00875. The van der Waals surface area contributed by atoms with Crippen molar-refractivity contribution in [2.24, 2.45) is 0 Å². The number of nitrogens with one attached hydrogen (secondary N) is 1. The lowest BCUT2D eigenvalue weighted by atomic mass is 10.0. The monoisotopic (exact) mass is 320 g/mol. The highest BCUT2D eigenvalue weighted by molar-refractivity contribution is 5.89. The SMILES string of the molecule is Cc1cn(C(C(=O)NC(C)(C)C)c2ccccc2)c2ccccc12. The molecular formula is C21H24N2O. The molecule has 24 heavy (non-hydrogen) atoms. The third-order valence-corrected chi connectivity index (χ3v) is 4.08. The van der Waals surface area contributed by atoms with Gasteiger partial charge in [0.1, 0.15) is 6.04 Å². The van der Waals surface area contributed by atoms with Crippen LogP contribution in [0.15, 0.2) is 60.8 Å². The van der Waals surface area contributed by atoms with E-state index in [0.717, 1.165) is 11.1 Å². The molecule has 0 saturated carbocycles.